The lowest BCUT2D eigenvalue weighted by Gasteiger charge is -2.12. The monoisotopic (exact) mass is 278 g/mol. The Morgan fingerprint density at radius 3 is 2.57 bits per heavy atom. The number of halogens is 1. The lowest BCUT2D eigenvalue weighted by molar-refractivity contribution is 0.627. The summed E-state index contributed by atoms with van der Waals surface area (Å²) in [6.07, 6.45) is 2.89. The first-order valence-corrected chi connectivity index (χ1v) is 5.92. The van der Waals surface area contributed by atoms with Gasteiger partial charge in [-0.2, -0.15) is 10.5 Å². The molecule has 0 unspecified atom stereocenters. The number of fused-ring (bicyclic) bond motifs is 1. The maximum absolute atomic E-state index is 13.0. The predicted molar refractivity (Wildman–Crippen MR) is 73.0 cm³/mol. The van der Waals surface area contributed by atoms with Gasteiger partial charge in [-0.15, -0.1) is 0 Å². The SMILES string of the molecule is N#CC(C#N)=C1NC=Nc2c1ncn2-c1ccc(F)cc1. The number of aromatic nitrogens is 2. The number of hydrogen-bond acceptors (Lipinski definition) is 5. The van der Waals surface area contributed by atoms with E-state index >= 15 is 0 Å². The van der Waals surface area contributed by atoms with Crippen LogP contribution in [0.5, 0.6) is 0 Å². The van der Waals surface area contributed by atoms with Gasteiger partial charge < -0.3 is 5.32 Å². The van der Waals surface area contributed by atoms with E-state index in [2.05, 4.69) is 15.3 Å². The summed E-state index contributed by atoms with van der Waals surface area (Å²) in [5, 5.41) is 20.7. The van der Waals surface area contributed by atoms with Crippen molar-refractivity contribution >= 4 is 17.9 Å². The third-order valence-electron chi connectivity index (χ3n) is 2.95. The van der Waals surface area contributed by atoms with Crippen LogP contribution in [-0.4, -0.2) is 15.9 Å². The number of nitrogens with one attached hydrogen (secondary N) is 1. The summed E-state index contributed by atoms with van der Waals surface area (Å²) in [4.78, 5) is 8.36. The summed E-state index contributed by atoms with van der Waals surface area (Å²) in [5.74, 6) is 0.132. The number of rotatable bonds is 1. The molecule has 0 fully saturated rings. The van der Waals surface area contributed by atoms with Gasteiger partial charge in [0.25, 0.3) is 0 Å². The molecular weight excluding hydrogens is 271 g/mol. The van der Waals surface area contributed by atoms with Crippen molar-refractivity contribution in [3.63, 3.8) is 0 Å². The van der Waals surface area contributed by atoms with Crippen LogP contribution in [0.1, 0.15) is 5.69 Å². The molecule has 0 amide bonds. The van der Waals surface area contributed by atoms with E-state index in [1.165, 1.54) is 24.8 Å². The molecule has 1 N–H and O–H groups in total. The van der Waals surface area contributed by atoms with Gasteiger partial charge in [-0.05, 0) is 24.3 Å². The smallest absolute Gasteiger partial charge is 0.168 e. The first-order chi connectivity index (χ1) is 10.2. The molecule has 2 heterocycles. The Kier molecular flexibility index (Phi) is 2.94. The molecule has 1 aromatic carbocycles. The highest BCUT2D eigenvalue weighted by molar-refractivity contribution is 5.88. The van der Waals surface area contributed by atoms with E-state index in [1.54, 1.807) is 16.7 Å². The predicted octanol–water partition coefficient (Wildman–Crippen LogP) is 2.03. The van der Waals surface area contributed by atoms with Crippen molar-refractivity contribution in [2.75, 3.05) is 0 Å². The van der Waals surface area contributed by atoms with E-state index in [4.69, 9.17) is 10.5 Å². The molecular formula is C14H7FN6. The van der Waals surface area contributed by atoms with Crippen molar-refractivity contribution < 1.29 is 4.39 Å². The summed E-state index contributed by atoms with van der Waals surface area (Å²) >= 11 is 0. The molecule has 0 saturated carbocycles. The highest BCUT2D eigenvalue weighted by Gasteiger charge is 2.21. The topological polar surface area (TPSA) is 89.8 Å². The van der Waals surface area contributed by atoms with Crippen LogP contribution in [0.4, 0.5) is 10.2 Å². The maximum Gasteiger partial charge on any atom is 0.168 e. The summed E-state index contributed by atoms with van der Waals surface area (Å²) in [6, 6.07) is 9.48. The van der Waals surface area contributed by atoms with Crippen molar-refractivity contribution in [2.24, 2.45) is 4.99 Å². The Labute approximate surface area is 119 Å². The van der Waals surface area contributed by atoms with E-state index in [0.717, 1.165) is 0 Å². The lowest BCUT2D eigenvalue weighted by Crippen LogP contribution is -2.15. The van der Waals surface area contributed by atoms with Gasteiger partial charge in [-0.25, -0.2) is 14.4 Å². The number of benzene rings is 1. The maximum atomic E-state index is 13.0. The Hall–Kier alpha value is -3.45. The Bertz CT molecular complexity index is 829. The summed E-state index contributed by atoms with van der Waals surface area (Å²) in [6.45, 7) is 0. The average Bonchev–Trinajstić information content (AvgIpc) is 2.94. The minimum atomic E-state index is -0.338. The quantitative estimate of drug-likeness (QED) is 0.808. The summed E-state index contributed by atoms with van der Waals surface area (Å²) in [5.41, 5.74) is 1.32. The second-order valence-electron chi connectivity index (χ2n) is 4.14. The van der Waals surface area contributed by atoms with Crippen LogP contribution in [-0.2, 0) is 0 Å². The van der Waals surface area contributed by atoms with Gasteiger partial charge >= 0.3 is 0 Å². The lowest BCUT2D eigenvalue weighted by atomic mass is 10.2. The van der Waals surface area contributed by atoms with Crippen LogP contribution in [0.15, 0.2) is 41.2 Å². The van der Waals surface area contributed by atoms with Crippen molar-refractivity contribution in [3.8, 4) is 17.8 Å². The Morgan fingerprint density at radius 1 is 1.19 bits per heavy atom. The van der Waals surface area contributed by atoms with Crippen LogP contribution in [0, 0.1) is 28.5 Å². The van der Waals surface area contributed by atoms with Gasteiger partial charge in [0.05, 0.1) is 12.0 Å². The third-order valence-corrected chi connectivity index (χ3v) is 2.95. The molecule has 0 aliphatic carbocycles. The van der Waals surface area contributed by atoms with Crippen molar-refractivity contribution in [1.82, 2.24) is 14.9 Å². The van der Waals surface area contributed by atoms with E-state index in [0.29, 0.717) is 22.9 Å². The zero-order chi connectivity index (χ0) is 14.8. The fourth-order valence-corrected chi connectivity index (χ4v) is 1.99. The zero-order valence-corrected chi connectivity index (χ0v) is 10.6. The van der Waals surface area contributed by atoms with Gasteiger partial charge in [0.15, 0.2) is 11.4 Å². The molecule has 0 spiro atoms. The van der Waals surface area contributed by atoms with Crippen molar-refractivity contribution in [2.45, 2.75) is 0 Å². The molecule has 1 aromatic heterocycles. The molecule has 3 rings (SSSR count). The van der Waals surface area contributed by atoms with E-state index in [1.807, 2.05) is 12.1 Å². The molecule has 1 aliphatic rings. The summed E-state index contributed by atoms with van der Waals surface area (Å²) in [7, 11) is 0. The molecule has 7 heteroatoms. The normalized spacial score (nSPS) is 12.0. The zero-order valence-electron chi connectivity index (χ0n) is 10.6. The molecule has 0 atom stereocenters. The van der Waals surface area contributed by atoms with Gasteiger partial charge in [0.1, 0.15) is 30.0 Å². The number of nitrogens with zero attached hydrogens (tertiary/aromatic N) is 5. The van der Waals surface area contributed by atoms with Crippen LogP contribution >= 0.6 is 0 Å². The minimum Gasteiger partial charge on any atom is -0.343 e. The molecule has 0 saturated heterocycles. The van der Waals surface area contributed by atoms with Gasteiger partial charge in [-0.3, -0.25) is 4.57 Å². The molecule has 6 nitrogen and oxygen atoms in total. The van der Waals surface area contributed by atoms with E-state index in [-0.39, 0.29) is 11.4 Å². The van der Waals surface area contributed by atoms with E-state index < -0.39 is 0 Å². The standard InChI is InChI=1S/C14H7FN6/c15-10-1-3-11(4-2-10)21-8-20-13-12(9(5-16)6-17)18-7-19-14(13)21/h1-4,7-8H,(H,18,19). The highest BCUT2D eigenvalue weighted by atomic mass is 19.1. The van der Waals surface area contributed by atoms with Crippen LogP contribution in [0.25, 0.3) is 11.4 Å². The highest BCUT2D eigenvalue weighted by Crippen LogP contribution is 2.30. The molecule has 21 heavy (non-hydrogen) atoms. The van der Waals surface area contributed by atoms with Gasteiger partial charge in [0, 0.05) is 5.69 Å². The first kappa shape index (κ1) is 12.6. The number of allylic oxidation sites excluding steroid dienone is 1. The third kappa shape index (κ3) is 2.03. The van der Waals surface area contributed by atoms with Crippen molar-refractivity contribution in [3.05, 3.63) is 47.7 Å². The van der Waals surface area contributed by atoms with Crippen LogP contribution in [0.2, 0.25) is 0 Å². The molecule has 100 valence electrons. The number of imidazole rings is 1. The number of hydrogen-bond donors (Lipinski definition) is 1. The number of aliphatic imine (C=N–C) groups is 1. The first-order valence-electron chi connectivity index (χ1n) is 5.92. The summed E-state index contributed by atoms with van der Waals surface area (Å²) < 4.78 is 14.6. The fourth-order valence-electron chi connectivity index (χ4n) is 1.99. The minimum absolute atomic E-state index is 0.0771. The number of nitriles is 2. The average molecular weight is 278 g/mol. The van der Waals surface area contributed by atoms with Crippen LogP contribution in [0.3, 0.4) is 0 Å². The van der Waals surface area contributed by atoms with Gasteiger partial charge in [0.2, 0.25) is 0 Å². The van der Waals surface area contributed by atoms with Gasteiger partial charge in [-0.1, -0.05) is 0 Å². The van der Waals surface area contributed by atoms with Crippen molar-refractivity contribution in [1.29, 1.82) is 10.5 Å². The molecule has 0 bridgehead atoms. The molecule has 0 radical (unpaired) electrons. The van der Waals surface area contributed by atoms with Crippen LogP contribution < -0.4 is 5.32 Å². The van der Waals surface area contributed by atoms with E-state index in [9.17, 15) is 4.39 Å². The Balaban J connectivity index is 2.17. The molecule has 1 aliphatic heterocycles. The largest absolute Gasteiger partial charge is 0.343 e. The Morgan fingerprint density at radius 2 is 1.90 bits per heavy atom. The molecule has 2 aromatic rings. The fraction of sp³-hybridized carbons (Fsp3) is 0. The second-order valence-corrected chi connectivity index (χ2v) is 4.14. The second kappa shape index (κ2) is 4.91.